The molecule has 26 heavy (non-hydrogen) atoms. The van der Waals surface area contributed by atoms with Gasteiger partial charge in [-0.3, -0.25) is 14.4 Å². The van der Waals surface area contributed by atoms with E-state index in [4.69, 9.17) is 4.74 Å². The van der Waals surface area contributed by atoms with E-state index in [9.17, 15) is 14.4 Å². The number of hydrogen-bond donors (Lipinski definition) is 1. The molecule has 2 aromatic rings. The van der Waals surface area contributed by atoms with Crippen LogP contribution < -0.4 is 10.2 Å². The molecule has 2 amide bonds. The summed E-state index contributed by atoms with van der Waals surface area (Å²) in [5.41, 5.74) is 3.63. The first kappa shape index (κ1) is 18.1. The largest absolute Gasteiger partial charge is 0.456 e. The van der Waals surface area contributed by atoms with E-state index in [1.807, 2.05) is 29.0 Å². The first-order valence-corrected chi connectivity index (χ1v) is 9.35. The predicted molar refractivity (Wildman–Crippen MR) is 100 cm³/mol. The zero-order valence-corrected chi connectivity index (χ0v) is 15.3. The van der Waals surface area contributed by atoms with Crippen molar-refractivity contribution in [2.45, 2.75) is 26.2 Å². The lowest BCUT2D eigenvalue weighted by molar-refractivity contribution is -0.147. The second kappa shape index (κ2) is 8.14. The Balaban J connectivity index is 1.46. The monoisotopic (exact) mass is 372 g/mol. The van der Waals surface area contributed by atoms with Crippen molar-refractivity contribution >= 4 is 40.5 Å². The summed E-state index contributed by atoms with van der Waals surface area (Å²) in [5.74, 6) is -0.762. The number of rotatable bonds is 6. The average molecular weight is 372 g/mol. The van der Waals surface area contributed by atoms with Crippen LogP contribution >= 0.6 is 11.3 Å². The predicted octanol–water partition coefficient (Wildman–Crippen LogP) is 2.77. The van der Waals surface area contributed by atoms with Crippen molar-refractivity contribution in [3.63, 3.8) is 0 Å². The number of thiophene rings is 1. The molecule has 7 heteroatoms. The zero-order valence-electron chi connectivity index (χ0n) is 14.5. The number of carbonyl (C=O) groups is 3. The van der Waals surface area contributed by atoms with E-state index < -0.39 is 5.97 Å². The summed E-state index contributed by atoms with van der Waals surface area (Å²) >= 11 is 1.58. The van der Waals surface area contributed by atoms with Crippen molar-refractivity contribution in [3.05, 3.63) is 46.2 Å². The Morgan fingerprint density at radius 2 is 2.12 bits per heavy atom. The summed E-state index contributed by atoms with van der Waals surface area (Å²) in [6.45, 7) is 1.89. The molecule has 0 bridgehead atoms. The summed E-state index contributed by atoms with van der Waals surface area (Å²) in [6, 6.07) is 7.39. The molecule has 0 aliphatic carbocycles. The van der Waals surface area contributed by atoms with Crippen molar-refractivity contribution in [2.75, 3.05) is 23.4 Å². The first-order valence-electron chi connectivity index (χ1n) is 8.40. The summed E-state index contributed by atoms with van der Waals surface area (Å²) in [4.78, 5) is 37.0. The molecule has 1 aromatic carbocycles. The van der Waals surface area contributed by atoms with Gasteiger partial charge in [-0.1, -0.05) is 0 Å². The van der Waals surface area contributed by atoms with E-state index in [-0.39, 0.29) is 24.8 Å². The molecule has 0 fully saturated rings. The molecule has 136 valence electrons. The van der Waals surface area contributed by atoms with Gasteiger partial charge in [0.1, 0.15) is 0 Å². The molecule has 0 unspecified atom stereocenters. The number of esters is 1. The Morgan fingerprint density at radius 1 is 1.27 bits per heavy atom. The summed E-state index contributed by atoms with van der Waals surface area (Å²) in [7, 11) is 0. The van der Waals surface area contributed by atoms with Crippen LogP contribution in [-0.2, 0) is 32.0 Å². The van der Waals surface area contributed by atoms with Crippen LogP contribution in [0, 0.1) is 0 Å². The maximum absolute atomic E-state index is 12.0. The Hall–Kier alpha value is -2.67. The quantitative estimate of drug-likeness (QED) is 0.791. The highest BCUT2D eigenvalue weighted by Gasteiger charge is 2.22. The molecule has 0 spiro atoms. The van der Waals surface area contributed by atoms with Crippen LogP contribution in [0.2, 0.25) is 0 Å². The summed E-state index contributed by atoms with van der Waals surface area (Å²) < 4.78 is 5.02. The zero-order chi connectivity index (χ0) is 18.5. The van der Waals surface area contributed by atoms with Crippen LogP contribution in [-0.4, -0.2) is 30.9 Å². The fourth-order valence-corrected chi connectivity index (χ4v) is 3.61. The van der Waals surface area contributed by atoms with Gasteiger partial charge in [-0.05, 0) is 59.0 Å². The van der Waals surface area contributed by atoms with Gasteiger partial charge >= 0.3 is 5.97 Å². The van der Waals surface area contributed by atoms with Crippen LogP contribution in [0.5, 0.6) is 0 Å². The SMILES string of the molecule is CC(=O)N1CCc2cc(NC(=O)COC(=O)CCc3ccsc3)ccc21. The Morgan fingerprint density at radius 3 is 2.85 bits per heavy atom. The number of hydrogen-bond acceptors (Lipinski definition) is 5. The average Bonchev–Trinajstić information content (AvgIpc) is 3.27. The molecule has 1 aromatic heterocycles. The van der Waals surface area contributed by atoms with Gasteiger partial charge in [0, 0.05) is 31.3 Å². The highest BCUT2D eigenvalue weighted by molar-refractivity contribution is 7.07. The van der Waals surface area contributed by atoms with Crippen molar-refractivity contribution in [1.29, 1.82) is 0 Å². The summed E-state index contributed by atoms with van der Waals surface area (Å²) in [6.07, 6.45) is 1.63. The molecule has 1 aliphatic rings. The van der Waals surface area contributed by atoms with E-state index in [0.717, 1.165) is 23.2 Å². The first-order chi connectivity index (χ1) is 12.5. The second-order valence-electron chi connectivity index (χ2n) is 6.10. The summed E-state index contributed by atoms with van der Waals surface area (Å²) in [5, 5.41) is 6.67. The maximum Gasteiger partial charge on any atom is 0.306 e. The van der Waals surface area contributed by atoms with Gasteiger partial charge in [-0.2, -0.15) is 11.3 Å². The topological polar surface area (TPSA) is 75.7 Å². The highest BCUT2D eigenvalue weighted by atomic mass is 32.1. The van der Waals surface area contributed by atoms with Crippen LogP contribution in [0.4, 0.5) is 11.4 Å². The third kappa shape index (κ3) is 4.49. The van der Waals surface area contributed by atoms with Crippen molar-refractivity contribution < 1.29 is 19.1 Å². The third-order valence-corrected chi connectivity index (χ3v) is 4.93. The minimum atomic E-state index is -0.391. The lowest BCUT2D eigenvalue weighted by Gasteiger charge is -2.15. The van der Waals surface area contributed by atoms with E-state index >= 15 is 0 Å². The van der Waals surface area contributed by atoms with Gasteiger partial charge in [-0.25, -0.2) is 0 Å². The Kier molecular flexibility index (Phi) is 5.68. The normalized spacial score (nSPS) is 12.6. The molecule has 0 atom stereocenters. The number of fused-ring (bicyclic) bond motifs is 1. The van der Waals surface area contributed by atoms with Gasteiger partial charge in [0.25, 0.3) is 5.91 Å². The molecule has 2 heterocycles. The maximum atomic E-state index is 12.0. The number of anilines is 2. The Labute approximate surface area is 155 Å². The minimum absolute atomic E-state index is 0.00917. The molecular weight excluding hydrogens is 352 g/mol. The van der Waals surface area contributed by atoms with Gasteiger partial charge in [0.05, 0.1) is 0 Å². The van der Waals surface area contributed by atoms with E-state index in [0.29, 0.717) is 18.7 Å². The molecule has 0 saturated carbocycles. The molecule has 1 aliphatic heterocycles. The smallest absolute Gasteiger partial charge is 0.306 e. The number of ether oxygens (including phenoxy) is 1. The van der Waals surface area contributed by atoms with Crippen LogP contribution in [0.25, 0.3) is 0 Å². The molecular formula is C19H20N2O4S. The molecule has 0 radical (unpaired) electrons. The van der Waals surface area contributed by atoms with Crippen molar-refractivity contribution in [3.8, 4) is 0 Å². The highest BCUT2D eigenvalue weighted by Crippen LogP contribution is 2.30. The van der Waals surface area contributed by atoms with Gasteiger partial charge in [0.2, 0.25) is 5.91 Å². The second-order valence-corrected chi connectivity index (χ2v) is 6.88. The number of carbonyl (C=O) groups excluding carboxylic acids is 3. The number of nitrogens with zero attached hydrogens (tertiary/aromatic N) is 1. The standard InChI is InChI=1S/C19H20N2O4S/c1-13(22)21-8-6-15-10-16(3-4-17(15)21)20-18(23)11-25-19(24)5-2-14-7-9-26-12-14/h3-4,7,9-10,12H,2,5-6,8,11H2,1H3,(H,20,23). The van der Waals surface area contributed by atoms with Crippen molar-refractivity contribution in [2.24, 2.45) is 0 Å². The van der Waals surface area contributed by atoms with Crippen LogP contribution in [0.15, 0.2) is 35.0 Å². The Bertz CT molecular complexity index is 817. The minimum Gasteiger partial charge on any atom is -0.456 e. The third-order valence-electron chi connectivity index (χ3n) is 4.20. The molecule has 6 nitrogen and oxygen atoms in total. The van der Waals surface area contributed by atoms with Gasteiger partial charge in [-0.15, -0.1) is 0 Å². The van der Waals surface area contributed by atoms with Gasteiger partial charge < -0.3 is 15.0 Å². The van der Waals surface area contributed by atoms with E-state index in [1.165, 1.54) is 6.92 Å². The number of aryl methyl sites for hydroxylation is 1. The lowest BCUT2D eigenvalue weighted by atomic mass is 10.1. The molecule has 0 saturated heterocycles. The lowest BCUT2D eigenvalue weighted by Crippen LogP contribution is -2.25. The number of benzene rings is 1. The van der Waals surface area contributed by atoms with E-state index in [2.05, 4.69) is 5.32 Å². The number of amides is 2. The van der Waals surface area contributed by atoms with Crippen LogP contribution in [0.1, 0.15) is 24.5 Å². The number of nitrogens with one attached hydrogen (secondary N) is 1. The van der Waals surface area contributed by atoms with Gasteiger partial charge in [0.15, 0.2) is 6.61 Å². The molecule has 1 N–H and O–H groups in total. The van der Waals surface area contributed by atoms with Crippen LogP contribution in [0.3, 0.4) is 0 Å². The van der Waals surface area contributed by atoms with Crippen molar-refractivity contribution in [1.82, 2.24) is 0 Å². The molecule has 3 rings (SSSR count). The fraction of sp³-hybridized carbons (Fsp3) is 0.316. The fourth-order valence-electron chi connectivity index (χ4n) is 2.90. The van der Waals surface area contributed by atoms with E-state index in [1.54, 1.807) is 22.3 Å².